The molecule has 34 heavy (non-hydrogen) atoms. The predicted octanol–water partition coefficient (Wildman–Crippen LogP) is 3.53. The first-order valence-electron chi connectivity index (χ1n) is 11.9. The molecule has 0 spiro atoms. The van der Waals surface area contributed by atoms with Crippen molar-refractivity contribution in [2.45, 2.75) is 64.8 Å². The highest BCUT2D eigenvalue weighted by Crippen LogP contribution is 2.26. The van der Waals surface area contributed by atoms with E-state index in [0.29, 0.717) is 18.7 Å². The average molecular weight is 486 g/mol. The number of unbranched alkanes of at least 4 members (excludes halogenated alkanes) is 1. The summed E-state index contributed by atoms with van der Waals surface area (Å²) < 4.78 is 26.7. The number of amides is 2. The van der Waals surface area contributed by atoms with Crippen LogP contribution in [0.15, 0.2) is 48.5 Å². The summed E-state index contributed by atoms with van der Waals surface area (Å²) in [5, 5.41) is 2.91. The number of aryl methyl sites for hydroxylation is 1. The zero-order valence-corrected chi connectivity index (χ0v) is 21.0. The lowest BCUT2D eigenvalue weighted by atomic mass is 10.1. The van der Waals surface area contributed by atoms with E-state index < -0.39 is 15.9 Å². The minimum Gasteiger partial charge on any atom is -0.352 e. The quantitative estimate of drug-likeness (QED) is 0.509. The highest BCUT2D eigenvalue weighted by atomic mass is 32.2. The first-order valence-corrected chi connectivity index (χ1v) is 13.6. The highest BCUT2D eigenvalue weighted by Gasteiger charge is 2.35. The molecule has 0 aliphatic carbocycles. The van der Waals surface area contributed by atoms with Crippen molar-refractivity contribution >= 4 is 27.5 Å². The molecule has 0 radical (unpaired) electrons. The number of hydrogen-bond acceptors (Lipinski definition) is 4. The Morgan fingerprint density at radius 3 is 2.26 bits per heavy atom. The molecule has 1 atom stereocenters. The third-order valence-corrected chi connectivity index (χ3v) is 7.37. The Kier molecular flexibility index (Phi) is 8.85. The van der Waals surface area contributed by atoms with Crippen LogP contribution in [0.3, 0.4) is 0 Å². The van der Waals surface area contributed by atoms with E-state index in [4.69, 9.17) is 0 Å². The maximum atomic E-state index is 12.7. The molecule has 1 fully saturated rings. The maximum absolute atomic E-state index is 12.7. The van der Waals surface area contributed by atoms with E-state index in [1.165, 1.54) is 5.56 Å². The fourth-order valence-electron chi connectivity index (χ4n) is 4.06. The van der Waals surface area contributed by atoms with Crippen LogP contribution in [-0.2, 0) is 38.3 Å². The Labute approximate surface area is 203 Å². The van der Waals surface area contributed by atoms with Gasteiger partial charge in [-0.2, -0.15) is 0 Å². The smallest absolute Gasteiger partial charge is 0.227 e. The summed E-state index contributed by atoms with van der Waals surface area (Å²) in [4.78, 5) is 26.9. The van der Waals surface area contributed by atoms with Gasteiger partial charge in [-0.25, -0.2) is 13.1 Å². The number of carbonyl (C=O) groups is 2. The fraction of sp³-hybridized carbons (Fsp3) is 0.462. The van der Waals surface area contributed by atoms with Gasteiger partial charge < -0.3 is 10.2 Å². The Balaban J connectivity index is 1.51. The summed E-state index contributed by atoms with van der Waals surface area (Å²) >= 11 is 0. The maximum Gasteiger partial charge on any atom is 0.227 e. The standard InChI is InChI=1S/C26H35N3O4S/c1-4-5-6-20-11-13-24(14-12-20)29-17-23(15-25(29)30)26(31)27-16-21-7-9-22(10-8-21)18-34(32,33)28-19(2)3/h7-14,19,23,28H,4-6,15-18H2,1-3H3,(H,27,31). The van der Waals surface area contributed by atoms with Gasteiger partial charge in [-0.1, -0.05) is 49.7 Å². The van der Waals surface area contributed by atoms with Crippen molar-refractivity contribution in [3.63, 3.8) is 0 Å². The predicted molar refractivity (Wildman–Crippen MR) is 135 cm³/mol. The minimum absolute atomic E-state index is 0.0398. The molecular weight excluding hydrogens is 450 g/mol. The first kappa shape index (κ1) is 25.9. The van der Waals surface area contributed by atoms with Gasteiger partial charge in [0.05, 0.1) is 11.7 Å². The number of anilines is 1. The molecule has 1 saturated heterocycles. The van der Waals surface area contributed by atoms with Gasteiger partial charge in [0.15, 0.2) is 0 Å². The van der Waals surface area contributed by atoms with Gasteiger partial charge >= 0.3 is 0 Å². The number of benzene rings is 2. The summed E-state index contributed by atoms with van der Waals surface area (Å²) in [6, 6.07) is 15.0. The highest BCUT2D eigenvalue weighted by molar-refractivity contribution is 7.88. The fourth-order valence-corrected chi connectivity index (χ4v) is 5.50. The second kappa shape index (κ2) is 11.6. The minimum atomic E-state index is -3.38. The second-order valence-corrected chi connectivity index (χ2v) is 11.0. The molecule has 0 bridgehead atoms. The molecule has 2 aromatic rings. The van der Waals surface area contributed by atoms with Crippen molar-refractivity contribution in [2.75, 3.05) is 11.4 Å². The molecule has 1 aliphatic heterocycles. The van der Waals surface area contributed by atoms with E-state index in [1.54, 1.807) is 30.9 Å². The van der Waals surface area contributed by atoms with Gasteiger partial charge in [-0.15, -0.1) is 0 Å². The van der Waals surface area contributed by atoms with E-state index in [9.17, 15) is 18.0 Å². The van der Waals surface area contributed by atoms with Gasteiger partial charge in [0.2, 0.25) is 21.8 Å². The first-order chi connectivity index (χ1) is 16.2. The van der Waals surface area contributed by atoms with Gasteiger partial charge in [0.1, 0.15) is 0 Å². The molecule has 0 saturated carbocycles. The van der Waals surface area contributed by atoms with E-state index >= 15 is 0 Å². The molecule has 184 valence electrons. The van der Waals surface area contributed by atoms with Crippen LogP contribution in [0.4, 0.5) is 5.69 Å². The molecule has 0 aromatic heterocycles. The van der Waals surface area contributed by atoms with Gasteiger partial charge in [-0.3, -0.25) is 9.59 Å². The van der Waals surface area contributed by atoms with Crippen LogP contribution in [0.5, 0.6) is 0 Å². The van der Waals surface area contributed by atoms with Crippen LogP contribution >= 0.6 is 0 Å². The molecule has 1 heterocycles. The van der Waals surface area contributed by atoms with Gasteiger partial charge in [-0.05, 0) is 55.5 Å². The van der Waals surface area contributed by atoms with Crippen LogP contribution in [-0.4, -0.2) is 32.8 Å². The molecule has 1 aliphatic rings. The lowest BCUT2D eigenvalue weighted by Crippen LogP contribution is -2.32. The Bertz CT molecular complexity index is 1080. The topological polar surface area (TPSA) is 95.6 Å². The number of nitrogens with one attached hydrogen (secondary N) is 2. The number of sulfonamides is 1. The van der Waals surface area contributed by atoms with E-state index in [2.05, 4.69) is 29.1 Å². The van der Waals surface area contributed by atoms with Crippen molar-refractivity contribution in [2.24, 2.45) is 5.92 Å². The molecule has 2 amide bonds. The average Bonchev–Trinajstić information content (AvgIpc) is 3.18. The normalized spacial score (nSPS) is 16.3. The summed E-state index contributed by atoms with van der Waals surface area (Å²) in [5.41, 5.74) is 3.64. The number of rotatable bonds is 11. The van der Waals surface area contributed by atoms with Gasteiger partial charge in [0, 0.05) is 31.2 Å². The van der Waals surface area contributed by atoms with Crippen molar-refractivity contribution in [3.8, 4) is 0 Å². The van der Waals surface area contributed by atoms with Crippen LogP contribution in [0.1, 0.15) is 56.7 Å². The van der Waals surface area contributed by atoms with Crippen molar-refractivity contribution in [1.82, 2.24) is 10.0 Å². The summed E-state index contributed by atoms with van der Waals surface area (Å²) in [6.07, 6.45) is 3.51. The van der Waals surface area contributed by atoms with Crippen molar-refractivity contribution in [3.05, 3.63) is 65.2 Å². The van der Waals surface area contributed by atoms with Gasteiger partial charge in [0.25, 0.3) is 0 Å². The summed E-state index contributed by atoms with van der Waals surface area (Å²) in [6.45, 7) is 6.43. The van der Waals surface area contributed by atoms with Crippen LogP contribution in [0.25, 0.3) is 0 Å². The van der Waals surface area contributed by atoms with E-state index in [-0.39, 0.29) is 30.0 Å². The van der Waals surface area contributed by atoms with E-state index in [0.717, 1.165) is 30.5 Å². The number of carbonyl (C=O) groups excluding carboxylic acids is 2. The van der Waals surface area contributed by atoms with Crippen LogP contribution in [0.2, 0.25) is 0 Å². The zero-order chi connectivity index (χ0) is 24.7. The molecule has 2 N–H and O–H groups in total. The molecular formula is C26H35N3O4S. The Hall–Kier alpha value is -2.71. The molecule has 8 heteroatoms. The largest absolute Gasteiger partial charge is 0.352 e. The SMILES string of the molecule is CCCCc1ccc(N2CC(C(=O)NCc3ccc(CS(=O)(=O)NC(C)C)cc3)CC2=O)cc1. The number of hydrogen-bond donors (Lipinski definition) is 2. The number of nitrogens with zero attached hydrogens (tertiary/aromatic N) is 1. The third kappa shape index (κ3) is 7.40. The monoisotopic (exact) mass is 485 g/mol. The Morgan fingerprint density at radius 2 is 1.65 bits per heavy atom. The summed E-state index contributed by atoms with van der Waals surface area (Å²) in [7, 11) is -3.38. The van der Waals surface area contributed by atoms with Crippen molar-refractivity contribution < 1.29 is 18.0 Å². The van der Waals surface area contributed by atoms with Crippen LogP contribution < -0.4 is 14.9 Å². The molecule has 3 rings (SSSR count). The lowest BCUT2D eigenvalue weighted by molar-refractivity contribution is -0.126. The lowest BCUT2D eigenvalue weighted by Gasteiger charge is -2.17. The van der Waals surface area contributed by atoms with Crippen molar-refractivity contribution in [1.29, 1.82) is 0 Å². The third-order valence-electron chi connectivity index (χ3n) is 5.82. The van der Waals surface area contributed by atoms with Crippen LogP contribution in [0, 0.1) is 5.92 Å². The molecule has 7 nitrogen and oxygen atoms in total. The second-order valence-electron chi connectivity index (χ2n) is 9.24. The zero-order valence-electron chi connectivity index (χ0n) is 20.2. The Morgan fingerprint density at radius 1 is 1.03 bits per heavy atom. The summed E-state index contributed by atoms with van der Waals surface area (Å²) in [5.74, 6) is -0.665. The molecule has 2 aromatic carbocycles. The van der Waals surface area contributed by atoms with E-state index in [1.807, 2.05) is 24.3 Å². The molecule has 1 unspecified atom stereocenters.